The molecular weight excluding hydrogens is 250 g/mol. The smallest absolute Gasteiger partial charge is 0.141 e. The van der Waals surface area contributed by atoms with E-state index in [2.05, 4.69) is 45.1 Å². The lowest BCUT2D eigenvalue weighted by Gasteiger charge is -2.23. The van der Waals surface area contributed by atoms with Gasteiger partial charge in [-0.3, -0.25) is 0 Å². The van der Waals surface area contributed by atoms with E-state index in [1.807, 2.05) is 12.1 Å². The molecule has 3 nitrogen and oxygen atoms in total. The van der Waals surface area contributed by atoms with E-state index in [0.29, 0.717) is 0 Å². The van der Waals surface area contributed by atoms with Crippen LogP contribution in [0.2, 0.25) is 0 Å². The van der Waals surface area contributed by atoms with Crippen LogP contribution in [0, 0.1) is 0 Å². The Morgan fingerprint density at radius 1 is 1.20 bits per heavy atom. The predicted octanol–water partition coefficient (Wildman–Crippen LogP) is 4.76. The molecule has 20 heavy (non-hydrogen) atoms. The number of hydrogen-bond donors (Lipinski definition) is 1. The second-order valence-electron chi connectivity index (χ2n) is 6.09. The zero-order valence-corrected chi connectivity index (χ0v) is 12.9. The molecule has 1 heterocycles. The van der Waals surface area contributed by atoms with Gasteiger partial charge in [-0.15, -0.1) is 0 Å². The first kappa shape index (κ1) is 14.5. The Morgan fingerprint density at radius 3 is 2.50 bits per heavy atom. The summed E-state index contributed by atoms with van der Waals surface area (Å²) in [6.07, 6.45) is 3.45. The quantitative estimate of drug-likeness (QED) is 0.872. The number of anilines is 1. The molecule has 0 bridgehead atoms. The van der Waals surface area contributed by atoms with Crippen LogP contribution in [0.4, 0.5) is 5.69 Å². The zero-order valence-electron chi connectivity index (χ0n) is 12.9. The Kier molecular flexibility index (Phi) is 4.07. The number of ether oxygens (including phenoxy) is 1. The van der Waals surface area contributed by atoms with E-state index in [1.165, 1.54) is 5.56 Å². The number of methoxy groups -OCH3 is 1. The fourth-order valence-corrected chi connectivity index (χ4v) is 2.13. The third-order valence-electron chi connectivity index (χ3n) is 3.48. The zero-order chi connectivity index (χ0) is 14.8. The lowest BCUT2D eigenvalue weighted by molar-refractivity contribution is 0.415. The van der Waals surface area contributed by atoms with E-state index in [4.69, 9.17) is 9.15 Å². The van der Waals surface area contributed by atoms with Crippen molar-refractivity contribution in [3.05, 3.63) is 47.9 Å². The third kappa shape index (κ3) is 3.16. The number of rotatable bonds is 4. The summed E-state index contributed by atoms with van der Waals surface area (Å²) in [5.41, 5.74) is 3.52. The van der Waals surface area contributed by atoms with Gasteiger partial charge in [-0.25, -0.2) is 0 Å². The number of furan rings is 1. The summed E-state index contributed by atoms with van der Waals surface area (Å²) in [4.78, 5) is 0. The average molecular weight is 273 g/mol. The van der Waals surface area contributed by atoms with E-state index in [-0.39, 0.29) is 11.5 Å². The van der Waals surface area contributed by atoms with Crippen LogP contribution in [0.3, 0.4) is 0 Å². The minimum atomic E-state index is 0.113. The van der Waals surface area contributed by atoms with Crippen LogP contribution < -0.4 is 10.1 Å². The van der Waals surface area contributed by atoms with Crippen molar-refractivity contribution in [3.63, 3.8) is 0 Å². The summed E-state index contributed by atoms with van der Waals surface area (Å²) < 4.78 is 10.6. The molecule has 2 rings (SSSR count). The highest BCUT2D eigenvalue weighted by atomic mass is 16.5. The van der Waals surface area contributed by atoms with Gasteiger partial charge >= 0.3 is 0 Å². The molecule has 1 N–H and O–H groups in total. The molecular formula is C17H23NO2. The minimum Gasteiger partial charge on any atom is -0.495 e. The number of benzene rings is 1. The molecule has 0 saturated carbocycles. The Balaban J connectivity index is 2.29. The van der Waals surface area contributed by atoms with Crippen LogP contribution >= 0.6 is 0 Å². The number of hydrogen-bond acceptors (Lipinski definition) is 3. The average Bonchev–Trinajstić information content (AvgIpc) is 2.91. The first-order chi connectivity index (χ1) is 9.41. The summed E-state index contributed by atoms with van der Waals surface area (Å²) in [6, 6.07) is 8.43. The van der Waals surface area contributed by atoms with E-state index in [1.54, 1.807) is 19.6 Å². The predicted molar refractivity (Wildman–Crippen MR) is 82.4 cm³/mol. The molecule has 0 aliphatic rings. The molecule has 1 atom stereocenters. The van der Waals surface area contributed by atoms with Gasteiger partial charge in [0, 0.05) is 5.56 Å². The van der Waals surface area contributed by atoms with Crippen molar-refractivity contribution < 1.29 is 9.15 Å². The molecule has 0 radical (unpaired) electrons. The van der Waals surface area contributed by atoms with Crippen LogP contribution in [0.15, 0.2) is 41.2 Å². The second-order valence-corrected chi connectivity index (χ2v) is 6.09. The summed E-state index contributed by atoms with van der Waals surface area (Å²) in [6.45, 7) is 8.72. The van der Waals surface area contributed by atoms with Crippen LogP contribution in [0.25, 0.3) is 0 Å². The molecule has 0 fully saturated rings. The Morgan fingerprint density at radius 2 is 1.95 bits per heavy atom. The Labute approximate surface area is 121 Å². The molecule has 1 unspecified atom stereocenters. The van der Waals surface area contributed by atoms with Gasteiger partial charge in [0.2, 0.25) is 0 Å². The van der Waals surface area contributed by atoms with Gasteiger partial charge in [-0.2, -0.15) is 0 Å². The molecule has 3 heteroatoms. The van der Waals surface area contributed by atoms with Gasteiger partial charge in [0.1, 0.15) is 5.75 Å². The first-order valence-corrected chi connectivity index (χ1v) is 6.89. The van der Waals surface area contributed by atoms with Gasteiger partial charge in [-0.05, 0) is 36.1 Å². The SMILES string of the molecule is COc1ccc(C(C)(C)C)cc1NC(C)c1ccoc1. The summed E-state index contributed by atoms with van der Waals surface area (Å²) >= 11 is 0. The highest BCUT2D eigenvalue weighted by molar-refractivity contribution is 5.60. The second kappa shape index (κ2) is 5.61. The molecule has 0 saturated heterocycles. The van der Waals surface area contributed by atoms with Crippen molar-refractivity contribution in [2.75, 3.05) is 12.4 Å². The fourth-order valence-electron chi connectivity index (χ4n) is 2.13. The van der Waals surface area contributed by atoms with Crippen molar-refractivity contribution in [3.8, 4) is 5.75 Å². The lowest BCUT2D eigenvalue weighted by atomic mass is 9.86. The van der Waals surface area contributed by atoms with Crippen molar-refractivity contribution >= 4 is 5.69 Å². The topological polar surface area (TPSA) is 34.4 Å². The summed E-state index contributed by atoms with van der Waals surface area (Å²) in [5, 5.41) is 3.49. The lowest BCUT2D eigenvalue weighted by Crippen LogP contribution is -2.13. The summed E-state index contributed by atoms with van der Waals surface area (Å²) in [5.74, 6) is 0.855. The molecule has 0 spiro atoms. The van der Waals surface area contributed by atoms with Gasteiger partial charge in [-0.1, -0.05) is 26.8 Å². The largest absolute Gasteiger partial charge is 0.495 e. The monoisotopic (exact) mass is 273 g/mol. The Hall–Kier alpha value is -1.90. The molecule has 2 aromatic rings. The van der Waals surface area contributed by atoms with Crippen LogP contribution in [-0.2, 0) is 5.41 Å². The van der Waals surface area contributed by atoms with Gasteiger partial charge in [0.25, 0.3) is 0 Å². The molecule has 0 aliphatic carbocycles. The van der Waals surface area contributed by atoms with E-state index >= 15 is 0 Å². The van der Waals surface area contributed by atoms with Gasteiger partial charge in [0.05, 0.1) is 31.4 Å². The minimum absolute atomic E-state index is 0.113. The molecule has 0 aliphatic heterocycles. The maximum atomic E-state index is 5.45. The standard InChI is InChI=1S/C17H23NO2/c1-12(13-8-9-20-11-13)18-15-10-14(17(2,3)4)6-7-16(15)19-5/h6-12,18H,1-5H3. The van der Waals surface area contributed by atoms with Crippen LogP contribution in [-0.4, -0.2) is 7.11 Å². The molecule has 1 aromatic heterocycles. The van der Waals surface area contributed by atoms with Crippen molar-refractivity contribution in [2.45, 2.75) is 39.2 Å². The third-order valence-corrected chi connectivity index (χ3v) is 3.48. The highest BCUT2D eigenvalue weighted by Crippen LogP contribution is 2.33. The highest BCUT2D eigenvalue weighted by Gasteiger charge is 2.17. The maximum Gasteiger partial charge on any atom is 0.141 e. The van der Waals surface area contributed by atoms with Crippen molar-refractivity contribution in [1.82, 2.24) is 0 Å². The Bertz CT molecular complexity index is 553. The molecule has 108 valence electrons. The fraction of sp³-hybridized carbons (Fsp3) is 0.412. The summed E-state index contributed by atoms with van der Waals surface area (Å²) in [7, 11) is 1.69. The van der Waals surface area contributed by atoms with Crippen LogP contribution in [0.1, 0.15) is 44.9 Å². The molecule has 1 aromatic carbocycles. The van der Waals surface area contributed by atoms with E-state index in [0.717, 1.165) is 17.0 Å². The number of nitrogens with one attached hydrogen (secondary N) is 1. The van der Waals surface area contributed by atoms with Crippen molar-refractivity contribution in [2.24, 2.45) is 0 Å². The van der Waals surface area contributed by atoms with E-state index < -0.39 is 0 Å². The van der Waals surface area contributed by atoms with Gasteiger partial charge in [0.15, 0.2) is 0 Å². The van der Waals surface area contributed by atoms with Crippen LogP contribution in [0.5, 0.6) is 5.75 Å². The normalized spacial score (nSPS) is 13.1. The molecule has 0 amide bonds. The first-order valence-electron chi connectivity index (χ1n) is 6.89. The maximum absolute atomic E-state index is 5.45. The van der Waals surface area contributed by atoms with Gasteiger partial charge < -0.3 is 14.5 Å². The van der Waals surface area contributed by atoms with E-state index in [9.17, 15) is 0 Å². The van der Waals surface area contributed by atoms with Crippen molar-refractivity contribution in [1.29, 1.82) is 0 Å².